The molecule has 132 valence electrons. The lowest BCUT2D eigenvalue weighted by atomic mass is 10.0. The van der Waals surface area contributed by atoms with Crippen molar-refractivity contribution >= 4 is 5.97 Å². The molecule has 2 nitrogen and oxygen atoms in total. The van der Waals surface area contributed by atoms with Gasteiger partial charge in [-0.2, -0.15) is 0 Å². The third kappa shape index (κ3) is 17.5. The van der Waals surface area contributed by atoms with Gasteiger partial charge in [0.15, 0.2) is 0 Å². The summed E-state index contributed by atoms with van der Waals surface area (Å²) < 4.78 is 5.21. The summed E-state index contributed by atoms with van der Waals surface area (Å²) in [6.45, 7) is 9.50. The number of esters is 1. The molecule has 0 amide bonds. The van der Waals surface area contributed by atoms with E-state index in [1.807, 2.05) is 0 Å². The molecule has 0 fully saturated rings. The molecule has 0 radical (unpaired) electrons. The summed E-state index contributed by atoms with van der Waals surface area (Å²) in [5, 5.41) is 0. The number of carbonyl (C=O) groups is 1. The van der Waals surface area contributed by atoms with Crippen molar-refractivity contribution < 1.29 is 9.53 Å². The quantitative estimate of drug-likeness (QED) is 0.254. The van der Waals surface area contributed by atoms with Gasteiger partial charge in [0, 0.05) is 6.42 Å². The Morgan fingerprint density at radius 2 is 1.14 bits per heavy atom. The van der Waals surface area contributed by atoms with Crippen molar-refractivity contribution in [3.63, 3.8) is 0 Å². The van der Waals surface area contributed by atoms with Gasteiger partial charge in [-0.1, -0.05) is 85.5 Å². The summed E-state index contributed by atoms with van der Waals surface area (Å²) in [4.78, 5) is 11.5. The molecule has 0 aliphatic rings. The molecule has 2 heteroatoms. The highest BCUT2D eigenvalue weighted by Crippen LogP contribution is 2.13. The molecule has 0 bridgehead atoms. The van der Waals surface area contributed by atoms with Gasteiger partial charge in [0.25, 0.3) is 0 Å². The Morgan fingerprint density at radius 3 is 1.64 bits per heavy atom. The summed E-state index contributed by atoms with van der Waals surface area (Å²) >= 11 is 0. The van der Waals surface area contributed by atoms with Gasteiger partial charge in [-0.15, -0.1) is 0 Å². The van der Waals surface area contributed by atoms with E-state index >= 15 is 0 Å². The van der Waals surface area contributed by atoms with Crippen LogP contribution in [0.1, 0.15) is 105 Å². The van der Waals surface area contributed by atoms with E-state index in [9.17, 15) is 4.79 Å². The van der Waals surface area contributed by atoms with Gasteiger partial charge in [0.05, 0.1) is 6.61 Å². The molecule has 0 spiro atoms. The van der Waals surface area contributed by atoms with Crippen molar-refractivity contribution in [2.45, 2.75) is 105 Å². The molecular formula is C20H40O2. The maximum atomic E-state index is 11.5. The fourth-order valence-electron chi connectivity index (χ4n) is 2.54. The number of unbranched alkanes of at least 4 members (excludes halogenated alkanes) is 8. The SMILES string of the molecule is CC(C)CCCCCCCCCCCC(=O)OCCC(C)C. The number of ether oxygens (including phenoxy) is 1. The van der Waals surface area contributed by atoms with Gasteiger partial charge in [0.1, 0.15) is 0 Å². The number of hydrogen-bond acceptors (Lipinski definition) is 2. The van der Waals surface area contributed by atoms with Gasteiger partial charge in [-0.3, -0.25) is 4.79 Å². The van der Waals surface area contributed by atoms with Crippen LogP contribution in [0.4, 0.5) is 0 Å². The first-order valence-electron chi connectivity index (χ1n) is 9.68. The Bertz CT molecular complexity index is 246. The molecule has 0 N–H and O–H groups in total. The standard InChI is InChI=1S/C20H40O2/c1-18(2)14-12-10-8-6-5-7-9-11-13-15-20(21)22-17-16-19(3)4/h18-19H,5-17H2,1-4H3. The van der Waals surface area contributed by atoms with Crippen LogP contribution >= 0.6 is 0 Å². The monoisotopic (exact) mass is 312 g/mol. The smallest absolute Gasteiger partial charge is 0.305 e. The highest BCUT2D eigenvalue weighted by molar-refractivity contribution is 5.69. The minimum Gasteiger partial charge on any atom is -0.466 e. The van der Waals surface area contributed by atoms with E-state index in [2.05, 4.69) is 27.7 Å². The van der Waals surface area contributed by atoms with Crippen molar-refractivity contribution in [1.29, 1.82) is 0 Å². The van der Waals surface area contributed by atoms with Crippen LogP contribution in [0.3, 0.4) is 0 Å². The molecule has 0 aliphatic heterocycles. The topological polar surface area (TPSA) is 26.3 Å². The van der Waals surface area contributed by atoms with Crippen LogP contribution in [0.2, 0.25) is 0 Å². The minimum atomic E-state index is -0.00852. The van der Waals surface area contributed by atoms with E-state index in [4.69, 9.17) is 4.74 Å². The van der Waals surface area contributed by atoms with Crippen LogP contribution in [-0.4, -0.2) is 12.6 Å². The van der Waals surface area contributed by atoms with Gasteiger partial charge >= 0.3 is 5.97 Å². The number of carbonyl (C=O) groups excluding carboxylic acids is 1. The summed E-state index contributed by atoms with van der Waals surface area (Å²) in [6, 6.07) is 0. The average molecular weight is 313 g/mol. The lowest BCUT2D eigenvalue weighted by Crippen LogP contribution is -2.07. The van der Waals surface area contributed by atoms with E-state index in [1.54, 1.807) is 0 Å². The fraction of sp³-hybridized carbons (Fsp3) is 0.950. The zero-order valence-corrected chi connectivity index (χ0v) is 15.7. The molecule has 0 saturated heterocycles. The zero-order chi connectivity index (χ0) is 16.6. The molecule has 0 saturated carbocycles. The Balaban J connectivity index is 3.15. The maximum absolute atomic E-state index is 11.5. The molecule has 0 aromatic rings. The van der Waals surface area contributed by atoms with Gasteiger partial charge in [-0.05, 0) is 24.7 Å². The molecule has 22 heavy (non-hydrogen) atoms. The first kappa shape index (κ1) is 21.5. The second-order valence-corrected chi connectivity index (χ2v) is 7.52. The van der Waals surface area contributed by atoms with Crippen LogP contribution in [-0.2, 0) is 9.53 Å². The molecular weight excluding hydrogens is 272 g/mol. The van der Waals surface area contributed by atoms with Crippen molar-refractivity contribution in [2.24, 2.45) is 11.8 Å². The van der Waals surface area contributed by atoms with E-state index in [1.165, 1.54) is 57.8 Å². The van der Waals surface area contributed by atoms with Crippen LogP contribution in [0, 0.1) is 11.8 Å². The highest BCUT2D eigenvalue weighted by atomic mass is 16.5. The number of rotatable bonds is 15. The molecule has 0 aliphatic carbocycles. The first-order valence-corrected chi connectivity index (χ1v) is 9.68. The predicted octanol–water partition coefficient (Wildman–Crippen LogP) is 6.52. The van der Waals surface area contributed by atoms with Gasteiger partial charge < -0.3 is 4.74 Å². The van der Waals surface area contributed by atoms with E-state index in [0.29, 0.717) is 18.9 Å². The Kier molecular flexibility index (Phi) is 15.0. The van der Waals surface area contributed by atoms with Crippen LogP contribution in [0.25, 0.3) is 0 Å². The molecule has 0 atom stereocenters. The molecule has 0 unspecified atom stereocenters. The molecule has 0 heterocycles. The molecule has 0 rings (SSSR count). The van der Waals surface area contributed by atoms with E-state index < -0.39 is 0 Å². The predicted molar refractivity (Wildman–Crippen MR) is 96.0 cm³/mol. The summed E-state index contributed by atoms with van der Waals surface area (Å²) in [6.07, 6.45) is 14.7. The molecule has 0 aromatic carbocycles. The zero-order valence-electron chi connectivity index (χ0n) is 15.7. The van der Waals surface area contributed by atoms with Crippen LogP contribution in [0.5, 0.6) is 0 Å². The Hall–Kier alpha value is -0.530. The summed E-state index contributed by atoms with van der Waals surface area (Å²) in [5.41, 5.74) is 0. The Morgan fingerprint density at radius 1 is 0.682 bits per heavy atom. The lowest BCUT2D eigenvalue weighted by molar-refractivity contribution is -0.144. The largest absolute Gasteiger partial charge is 0.466 e. The second kappa shape index (κ2) is 15.4. The third-order valence-electron chi connectivity index (χ3n) is 4.12. The van der Waals surface area contributed by atoms with Crippen molar-refractivity contribution in [3.05, 3.63) is 0 Å². The number of hydrogen-bond donors (Lipinski definition) is 0. The van der Waals surface area contributed by atoms with Gasteiger partial charge in [0.2, 0.25) is 0 Å². The van der Waals surface area contributed by atoms with Crippen molar-refractivity contribution in [3.8, 4) is 0 Å². The van der Waals surface area contributed by atoms with E-state index in [-0.39, 0.29) is 5.97 Å². The average Bonchev–Trinajstić information content (AvgIpc) is 2.44. The summed E-state index contributed by atoms with van der Waals surface area (Å²) in [5.74, 6) is 1.46. The second-order valence-electron chi connectivity index (χ2n) is 7.52. The van der Waals surface area contributed by atoms with Crippen LogP contribution in [0.15, 0.2) is 0 Å². The lowest BCUT2D eigenvalue weighted by Gasteiger charge is -2.07. The van der Waals surface area contributed by atoms with Crippen molar-refractivity contribution in [2.75, 3.05) is 6.61 Å². The fourth-order valence-corrected chi connectivity index (χ4v) is 2.54. The normalized spacial score (nSPS) is 11.4. The van der Waals surface area contributed by atoms with Crippen LogP contribution < -0.4 is 0 Å². The third-order valence-corrected chi connectivity index (χ3v) is 4.12. The van der Waals surface area contributed by atoms with E-state index in [0.717, 1.165) is 18.8 Å². The Labute approximate surface area is 139 Å². The minimum absolute atomic E-state index is 0.00852. The molecule has 0 aromatic heterocycles. The van der Waals surface area contributed by atoms with Gasteiger partial charge in [-0.25, -0.2) is 0 Å². The first-order chi connectivity index (χ1) is 10.5. The highest BCUT2D eigenvalue weighted by Gasteiger charge is 2.03. The summed E-state index contributed by atoms with van der Waals surface area (Å²) in [7, 11) is 0. The van der Waals surface area contributed by atoms with Crippen molar-refractivity contribution in [1.82, 2.24) is 0 Å². The maximum Gasteiger partial charge on any atom is 0.305 e.